The molecule has 0 spiro atoms. The second-order valence-electron chi connectivity index (χ2n) is 4.62. The van der Waals surface area contributed by atoms with Crippen LogP contribution in [0.5, 0.6) is 0 Å². The zero-order chi connectivity index (χ0) is 14.7. The molecule has 0 aliphatic rings. The van der Waals surface area contributed by atoms with E-state index in [2.05, 4.69) is 10.3 Å². The maximum Gasteiger partial charge on any atom is 0.337 e. The third-order valence-electron chi connectivity index (χ3n) is 2.81. The number of amides is 1. The van der Waals surface area contributed by atoms with Crippen molar-refractivity contribution >= 4 is 17.6 Å². The molecule has 0 saturated heterocycles. The van der Waals surface area contributed by atoms with Crippen molar-refractivity contribution in [3.8, 4) is 0 Å². The number of carbonyl (C=O) groups excluding carboxylic acids is 1. The van der Waals surface area contributed by atoms with Gasteiger partial charge in [-0.2, -0.15) is 0 Å². The molecule has 0 unspecified atom stereocenters. The molecule has 20 heavy (non-hydrogen) atoms. The molecule has 6 nitrogen and oxygen atoms in total. The Balaban J connectivity index is 2.21. The first kappa shape index (κ1) is 13.8. The van der Waals surface area contributed by atoms with Crippen molar-refractivity contribution in [1.82, 2.24) is 9.55 Å². The molecule has 0 radical (unpaired) electrons. The topological polar surface area (TPSA) is 84.2 Å². The van der Waals surface area contributed by atoms with Gasteiger partial charge in [0, 0.05) is 18.4 Å². The third kappa shape index (κ3) is 2.85. The SMILES string of the molecule is CC(C)n1cccc1C(=O)Nc1cncc(C(=O)O)c1. The summed E-state index contributed by atoms with van der Waals surface area (Å²) in [6.45, 7) is 3.95. The first-order valence-corrected chi connectivity index (χ1v) is 6.15. The molecule has 104 valence electrons. The summed E-state index contributed by atoms with van der Waals surface area (Å²) in [6, 6.07) is 5.04. The van der Waals surface area contributed by atoms with E-state index < -0.39 is 5.97 Å². The van der Waals surface area contributed by atoms with Crippen LogP contribution >= 0.6 is 0 Å². The highest BCUT2D eigenvalue weighted by Gasteiger charge is 2.13. The van der Waals surface area contributed by atoms with Crippen molar-refractivity contribution in [1.29, 1.82) is 0 Å². The Bertz CT molecular complexity index is 647. The van der Waals surface area contributed by atoms with Crippen molar-refractivity contribution < 1.29 is 14.7 Å². The highest BCUT2D eigenvalue weighted by atomic mass is 16.4. The third-order valence-corrected chi connectivity index (χ3v) is 2.81. The van der Waals surface area contributed by atoms with Crippen LogP contribution in [0.2, 0.25) is 0 Å². The zero-order valence-electron chi connectivity index (χ0n) is 11.2. The van der Waals surface area contributed by atoms with E-state index in [1.54, 1.807) is 12.1 Å². The lowest BCUT2D eigenvalue weighted by Gasteiger charge is -2.12. The molecular weight excluding hydrogens is 258 g/mol. The Morgan fingerprint density at radius 1 is 1.35 bits per heavy atom. The van der Waals surface area contributed by atoms with Crippen LogP contribution in [0.4, 0.5) is 5.69 Å². The highest BCUT2D eigenvalue weighted by Crippen LogP contribution is 2.14. The van der Waals surface area contributed by atoms with Crippen molar-refractivity contribution in [2.75, 3.05) is 5.32 Å². The molecule has 1 amide bonds. The highest BCUT2D eigenvalue weighted by molar-refractivity contribution is 6.03. The normalized spacial score (nSPS) is 10.6. The summed E-state index contributed by atoms with van der Waals surface area (Å²) < 4.78 is 1.84. The fourth-order valence-corrected chi connectivity index (χ4v) is 1.86. The van der Waals surface area contributed by atoms with Gasteiger partial charge < -0.3 is 15.0 Å². The summed E-state index contributed by atoms with van der Waals surface area (Å²) in [6.07, 6.45) is 4.47. The molecule has 0 aliphatic heterocycles. The summed E-state index contributed by atoms with van der Waals surface area (Å²) in [5, 5.41) is 11.5. The quantitative estimate of drug-likeness (QED) is 0.896. The van der Waals surface area contributed by atoms with Crippen LogP contribution in [-0.2, 0) is 0 Å². The number of aromatic carboxylic acids is 1. The van der Waals surface area contributed by atoms with Crippen molar-refractivity contribution in [2.24, 2.45) is 0 Å². The van der Waals surface area contributed by atoms with Gasteiger partial charge in [-0.3, -0.25) is 9.78 Å². The lowest BCUT2D eigenvalue weighted by molar-refractivity contribution is 0.0696. The first-order valence-electron chi connectivity index (χ1n) is 6.15. The molecule has 2 aromatic rings. The smallest absolute Gasteiger partial charge is 0.337 e. The summed E-state index contributed by atoms with van der Waals surface area (Å²) in [7, 11) is 0. The van der Waals surface area contributed by atoms with Crippen molar-refractivity contribution in [2.45, 2.75) is 19.9 Å². The molecule has 0 bridgehead atoms. The average molecular weight is 273 g/mol. The number of carboxylic acid groups (broad SMARTS) is 1. The fourth-order valence-electron chi connectivity index (χ4n) is 1.86. The molecule has 2 rings (SSSR count). The van der Waals surface area contributed by atoms with Gasteiger partial charge in [-0.15, -0.1) is 0 Å². The Morgan fingerprint density at radius 2 is 2.10 bits per heavy atom. The molecule has 0 aliphatic carbocycles. The molecular formula is C14H15N3O3. The van der Waals surface area contributed by atoms with Gasteiger partial charge in [0.25, 0.3) is 5.91 Å². The molecule has 2 N–H and O–H groups in total. The Kier molecular flexibility index (Phi) is 3.84. The Morgan fingerprint density at radius 3 is 2.75 bits per heavy atom. The Hall–Kier alpha value is -2.63. The molecule has 2 heterocycles. The number of hydrogen-bond acceptors (Lipinski definition) is 3. The van der Waals surface area contributed by atoms with Crippen LogP contribution in [0.1, 0.15) is 40.7 Å². The van der Waals surface area contributed by atoms with Crippen LogP contribution in [0.15, 0.2) is 36.8 Å². The monoisotopic (exact) mass is 273 g/mol. The number of nitrogens with one attached hydrogen (secondary N) is 1. The van der Waals surface area contributed by atoms with E-state index in [9.17, 15) is 9.59 Å². The second-order valence-corrected chi connectivity index (χ2v) is 4.62. The van der Waals surface area contributed by atoms with E-state index in [4.69, 9.17) is 5.11 Å². The van der Waals surface area contributed by atoms with Crippen LogP contribution in [0.25, 0.3) is 0 Å². The molecule has 0 saturated carbocycles. The number of hydrogen-bond donors (Lipinski definition) is 2. The lowest BCUT2D eigenvalue weighted by Crippen LogP contribution is -2.18. The maximum atomic E-state index is 12.2. The molecule has 0 fully saturated rings. The van der Waals surface area contributed by atoms with Gasteiger partial charge in [0.1, 0.15) is 5.69 Å². The van der Waals surface area contributed by atoms with Gasteiger partial charge >= 0.3 is 5.97 Å². The van der Waals surface area contributed by atoms with Gasteiger partial charge in [0.05, 0.1) is 17.4 Å². The predicted octanol–water partition coefficient (Wildman–Crippen LogP) is 2.41. The van der Waals surface area contributed by atoms with Gasteiger partial charge in [-0.25, -0.2) is 4.79 Å². The van der Waals surface area contributed by atoms with Crippen LogP contribution in [0, 0.1) is 0 Å². The number of carbonyl (C=O) groups is 2. The summed E-state index contributed by atoms with van der Waals surface area (Å²) in [5.74, 6) is -1.38. The van der Waals surface area contributed by atoms with Crippen LogP contribution < -0.4 is 5.32 Å². The number of carboxylic acids is 1. The minimum atomic E-state index is -1.08. The summed E-state index contributed by atoms with van der Waals surface area (Å²) in [4.78, 5) is 26.8. The largest absolute Gasteiger partial charge is 0.478 e. The lowest BCUT2D eigenvalue weighted by atomic mass is 10.2. The minimum Gasteiger partial charge on any atom is -0.478 e. The zero-order valence-corrected chi connectivity index (χ0v) is 11.2. The van der Waals surface area contributed by atoms with Gasteiger partial charge in [0.15, 0.2) is 0 Å². The Labute approximate surface area is 116 Å². The number of anilines is 1. The average Bonchev–Trinajstić information content (AvgIpc) is 2.88. The van der Waals surface area contributed by atoms with Gasteiger partial charge in [-0.05, 0) is 32.0 Å². The molecule has 6 heteroatoms. The van der Waals surface area contributed by atoms with E-state index >= 15 is 0 Å². The van der Waals surface area contributed by atoms with Crippen LogP contribution in [0.3, 0.4) is 0 Å². The number of rotatable bonds is 4. The first-order chi connectivity index (χ1) is 9.49. The van der Waals surface area contributed by atoms with Gasteiger partial charge in [-0.1, -0.05) is 0 Å². The standard InChI is InChI=1S/C14H15N3O3/c1-9(2)17-5-3-4-12(17)13(18)16-11-6-10(14(19)20)7-15-8-11/h3-9H,1-2H3,(H,16,18)(H,19,20). The molecule has 0 atom stereocenters. The molecule has 2 aromatic heterocycles. The van der Waals surface area contributed by atoms with E-state index in [-0.39, 0.29) is 17.5 Å². The fraction of sp³-hybridized carbons (Fsp3) is 0.214. The number of pyridine rings is 1. The number of aromatic nitrogens is 2. The van der Waals surface area contributed by atoms with Crippen LogP contribution in [-0.4, -0.2) is 26.5 Å². The summed E-state index contributed by atoms with van der Waals surface area (Å²) >= 11 is 0. The van der Waals surface area contributed by atoms with E-state index in [0.29, 0.717) is 11.4 Å². The van der Waals surface area contributed by atoms with Crippen molar-refractivity contribution in [3.63, 3.8) is 0 Å². The van der Waals surface area contributed by atoms with E-state index in [1.807, 2.05) is 24.6 Å². The van der Waals surface area contributed by atoms with E-state index in [0.717, 1.165) is 0 Å². The van der Waals surface area contributed by atoms with Gasteiger partial charge in [0.2, 0.25) is 0 Å². The molecule has 0 aromatic carbocycles. The predicted molar refractivity (Wildman–Crippen MR) is 74.0 cm³/mol. The minimum absolute atomic E-state index is 0.0297. The van der Waals surface area contributed by atoms with Crippen molar-refractivity contribution in [3.05, 3.63) is 48.0 Å². The number of nitrogens with zero attached hydrogens (tertiary/aromatic N) is 2. The van der Waals surface area contributed by atoms with E-state index in [1.165, 1.54) is 18.5 Å². The summed E-state index contributed by atoms with van der Waals surface area (Å²) in [5.41, 5.74) is 0.897. The maximum absolute atomic E-state index is 12.2. The second kappa shape index (κ2) is 5.56.